The van der Waals surface area contributed by atoms with Crippen LogP contribution in [0.15, 0.2) is 36.4 Å². The van der Waals surface area contributed by atoms with E-state index in [0.29, 0.717) is 28.0 Å². The summed E-state index contributed by atoms with van der Waals surface area (Å²) >= 11 is 12.5. The molecule has 2 atom stereocenters. The number of benzene rings is 2. The predicted molar refractivity (Wildman–Crippen MR) is 94.5 cm³/mol. The van der Waals surface area contributed by atoms with Crippen molar-refractivity contribution in [2.75, 3.05) is 14.2 Å². The number of halogens is 2. The number of ether oxygens (including phenoxy) is 2. The van der Waals surface area contributed by atoms with Crippen LogP contribution in [0.1, 0.15) is 29.6 Å². The van der Waals surface area contributed by atoms with Gasteiger partial charge in [0, 0.05) is 22.1 Å². The van der Waals surface area contributed by atoms with Crippen molar-refractivity contribution in [3.05, 3.63) is 57.6 Å². The summed E-state index contributed by atoms with van der Waals surface area (Å²) < 4.78 is 10.3. The first kappa shape index (κ1) is 17.9. The molecular formula is C17H20Cl2N2O2. The van der Waals surface area contributed by atoms with E-state index in [1.807, 2.05) is 24.3 Å². The average Bonchev–Trinajstić information content (AvgIpc) is 2.54. The van der Waals surface area contributed by atoms with Gasteiger partial charge in [0.1, 0.15) is 11.5 Å². The molecule has 4 nitrogen and oxygen atoms in total. The number of hydrogen-bond acceptors (Lipinski definition) is 4. The first-order chi connectivity index (χ1) is 11.0. The van der Waals surface area contributed by atoms with Gasteiger partial charge < -0.3 is 20.9 Å². The van der Waals surface area contributed by atoms with E-state index >= 15 is 0 Å². The van der Waals surface area contributed by atoms with E-state index in [0.717, 1.165) is 11.1 Å². The highest BCUT2D eigenvalue weighted by Crippen LogP contribution is 2.33. The van der Waals surface area contributed by atoms with Gasteiger partial charge in [-0.25, -0.2) is 0 Å². The van der Waals surface area contributed by atoms with Crippen molar-refractivity contribution >= 4 is 23.2 Å². The highest BCUT2D eigenvalue weighted by Gasteiger charge is 2.18. The van der Waals surface area contributed by atoms with Gasteiger partial charge in [0.2, 0.25) is 0 Å². The average molecular weight is 355 g/mol. The van der Waals surface area contributed by atoms with E-state index < -0.39 is 0 Å². The van der Waals surface area contributed by atoms with Crippen LogP contribution in [0.3, 0.4) is 0 Å². The van der Waals surface area contributed by atoms with Crippen molar-refractivity contribution in [2.45, 2.75) is 18.5 Å². The topological polar surface area (TPSA) is 70.5 Å². The molecule has 2 aromatic carbocycles. The van der Waals surface area contributed by atoms with Crippen LogP contribution < -0.4 is 20.9 Å². The second-order valence-corrected chi connectivity index (χ2v) is 6.04. The van der Waals surface area contributed by atoms with Crippen LogP contribution in [0.4, 0.5) is 0 Å². The molecule has 0 aromatic heterocycles. The molecule has 4 N–H and O–H groups in total. The predicted octanol–water partition coefficient (Wildman–Crippen LogP) is 4.10. The first-order valence-electron chi connectivity index (χ1n) is 7.14. The van der Waals surface area contributed by atoms with E-state index in [1.165, 1.54) is 0 Å². The summed E-state index contributed by atoms with van der Waals surface area (Å²) in [5, 5.41) is 1.12. The molecule has 23 heavy (non-hydrogen) atoms. The number of rotatable bonds is 6. The van der Waals surface area contributed by atoms with Gasteiger partial charge in [-0.15, -0.1) is 0 Å². The monoisotopic (exact) mass is 354 g/mol. The molecule has 0 aliphatic heterocycles. The van der Waals surface area contributed by atoms with Crippen molar-refractivity contribution in [3.8, 4) is 11.5 Å². The lowest BCUT2D eigenvalue weighted by Gasteiger charge is -2.20. The number of nitrogens with two attached hydrogens (primary N) is 2. The molecule has 2 unspecified atom stereocenters. The van der Waals surface area contributed by atoms with Crippen LogP contribution in [-0.4, -0.2) is 14.2 Å². The first-order valence-corrected chi connectivity index (χ1v) is 7.90. The van der Waals surface area contributed by atoms with E-state index in [1.54, 1.807) is 26.4 Å². The summed E-state index contributed by atoms with van der Waals surface area (Å²) in [6, 6.07) is 10.2. The van der Waals surface area contributed by atoms with Crippen molar-refractivity contribution in [3.63, 3.8) is 0 Å². The van der Waals surface area contributed by atoms with E-state index in [9.17, 15) is 0 Å². The van der Waals surface area contributed by atoms with Crippen molar-refractivity contribution < 1.29 is 9.47 Å². The fraction of sp³-hybridized carbons (Fsp3) is 0.294. The van der Waals surface area contributed by atoms with Gasteiger partial charge >= 0.3 is 0 Å². The Hall–Kier alpha value is -1.46. The molecule has 0 amide bonds. The molecule has 124 valence electrons. The zero-order valence-electron chi connectivity index (χ0n) is 13.1. The quantitative estimate of drug-likeness (QED) is 0.818. The standard InChI is InChI=1S/C17H20Cl2N2O2/c1-22-10-3-5-12(14(18)7-10)16(20)9-17(21)13-6-4-11(23-2)8-15(13)19/h3-8,16-17H,9,20-21H2,1-2H3. The maximum atomic E-state index is 6.26. The molecule has 0 saturated heterocycles. The summed E-state index contributed by atoms with van der Waals surface area (Å²) in [5.41, 5.74) is 14.2. The molecule has 0 spiro atoms. The van der Waals surface area contributed by atoms with Gasteiger partial charge in [-0.05, 0) is 41.8 Å². The molecule has 0 radical (unpaired) electrons. The van der Waals surface area contributed by atoms with Gasteiger partial charge in [-0.2, -0.15) is 0 Å². The van der Waals surface area contributed by atoms with Crippen LogP contribution in [-0.2, 0) is 0 Å². The normalized spacial score (nSPS) is 13.5. The highest BCUT2D eigenvalue weighted by molar-refractivity contribution is 6.32. The Kier molecular flexibility index (Phi) is 6.13. The Morgan fingerprint density at radius 1 is 0.826 bits per heavy atom. The smallest absolute Gasteiger partial charge is 0.120 e. The third-order valence-corrected chi connectivity index (χ3v) is 4.38. The summed E-state index contributed by atoms with van der Waals surface area (Å²) in [5.74, 6) is 1.38. The second-order valence-electron chi connectivity index (χ2n) is 5.22. The second kappa shape index (κ2) is 7.88. The largest absolute Gasteiger partial charge is 0.497 e. The minimum absolute atomic E-state index is 0.304. The van der Waals surface area contributed by atoms with Crippen LogP contribution in [0.25, 0.3) is 0 Å². The van der Waals surface area contributed by atoms with Crippen LogP contribution in [0.2, 0.25) is 10.0 Å². The fourth-order valence-corrected chi connectivity index (χ4v) is 3.02. The minimum atomic E-state index is -0.304. The molecule has 0 heterocycles. The third kappa shape index (κ3) is 4.30. The summed E-state index contributed by atoms with van der Waals surface area (Å²) in [6.45, 7) is 0. The SMILES string of the molecule is COc1ccc(C(N)CC(N)c2ccc(OC)cc2Cl)c(Cl)c1. The molecule has 0 saturated carbocycles. The Morgan fingerprint density at radius 2 is 1.22 bits per heavy atom. The highest BCUT2D eigenvalue weighted by atomic mass is 35.5. The van der Waals surface area contributed by atoms with E-state index in [2.05, 4.69) is 0 Å². The summed E-state index contributed by atoms with van der Waals surface area (Å²) in [4.78, 5) is 0. The van der Waals surface area contributed by atoms with Gasteiger partial charge in [-0.1, -0.05) is 35.3 Å². The maximum absolute atomic E-state index is 6.26. The molecule has 0 aliphatic carbocycles. The van der Waals surface area contributed by atoms with Crippen LogP contribution in [0.5, 0.6) is 11.5 Å². The zero-order chi connectivity index (χ0) is 17.0. The van der Waals surface area contributed by atoms with Crippen molar-refractivity contribution in [1.82, 2.24) is 0 Å². The number of methoxy groups -OCH3 is 2. The Bertz CT molecular complexity index is 622. The third-order valence-electron chi connectivity index (χ3n) is 3.72. The molecule has 0 fully saturated rings. The maximum Gasteiger partial charge on any atom is 0.120 e. The molecule has 0 bridgehead atoms. The van der Waals surface area contributed by atoms with Crippen molar-refractivity contribution in [2.24, 2.45) is 11.5 Å². The summed E-state index contributed by atoms with van der Waals surface area (Å²) in [7, 11) is 3.18. The molecular weight excluding hydrogens is 335 g/mol. The lowest BCUT2D eigenvalue weighted by atomic mass is 9.96. The number of hydrogen-bond donors (Lipinski definition) is 2. The summed E-state index contributed by atoms with van der Waals surface area (Å²) in [6.07, 6.45) is 0.512. The lowest BCUT2D eigenvalue weighted by Crippen LogP contribution is -2.20. The van der Waals surface area contributed by atoms with E-state index in [-0.39, 0.29) is 12.1 Å². The van der Waals surface area contributed by atoms with Crippen LogP contribution >= 0.6 is 23.2 Å². The molecule has 0 aliphatic rings. The minimum Gasteiger partial charge on any atom is -0.497 e. The Balaban J connectivity index is 2.14. The van der Waals surface area contributed by atoms with E-state index in [4.69, 9.17) is 44.1 Å². The van der Waals surface area contributed by atoms with Gasteiger partial charge in [-0.3, -0.25) is 0 Å². The van der Waals surface area contributed by atoms with Gasteiger partial charge in [0.25, 0.3) is 0 Å². The fourth-order valence-electron chi connectivity index (χ4n) is 2.40. The van der Waals surface area contributed by atoms with Gasteiger partial charge in [0.05, 0.1) is 14.2 Å². The Labute approximate surface area is 146 Å². The molecule has 2 aromatic rings. The van der Waals surface area contributed by atoms with Crippen molar-refractivity contribution in [1.29, 1.82) is 0 Å². The van der Waals surface area contributed by atoms with Crippen LogP contribution in [0, 0.1) is 0 Å². The zero-order valence-corrected chi connectivity index (χ0v) is 14.6. The Morgan fingerprint density at radius 3 is 1.52 bits per heavy atom. The lowest BCUT2D eigenvalue weighted by molar-refractivity contribution is 0.414. The van der Waals surface area contributed by atoms with Gasteiger partial charge in [0.15, 0.2) is 0 Å². The molecule has 2 rings (SSSR count). The molecule has 6 heteroatoms.